The van der Waals surface area contributed by atoms with E-state index in [2.05, 4.69) is 0 Å². The molecule has 1 unspecified atom stereocenters. The number of aryl methyl sites for hydroxylation is 1. The molecule has 0 spiro atoms. The smallest absolute Gasteiger partial charge is 0.310 e. The molecular weight excluding hydrogens is 418 g/mol. The lowest BCUT2D eigenvalue weighted by molar-refractivity contribution is -0.149. The van der Waals surface area contributed by atoms with Crippen LogP contribution in [0, 0.1) is 19.8 Å². The summed E-state index contributed by atoms with van der Waals surface area (Å²) in [6.45, 7) is 7.46. The summed E-state index contributed by atoms with van der Waals surface area (Å²) in [5, 5.41) is 5.17. The second-order valence-electron chi connectivity index (χ2n) is 7.91. The molecule has 168 valence electrons. The van der Waals surface area contributed by atoms with Gasteiger partial charge < -0.3 is 9.30 Å². The molecule has 9 heteroatoms. The molecule has 1 fully saturated rings. The molecule has 31 heavy (non-hydrogen) atoms. The zero-order valence-electron chi connectivity index (χ0n) is 18.1. The summed E-state index contributed by atoms with van der Waals surface area (Å²) in [7, 11) is -3.76. The molecule has 2 heterocycles. The number of piperidine rings is 1. The Morgan fingerprint density at radius 2 is 1.87 bits per heavy atom. The first-order valence-electron chi connectivity index (χ1n) is 10.4. The van der Waals surface area contributed by atoms with E-state index in [4.69, 9.17) is 9.88 Å². The number of benzene rings is 1. The number of likely N-dealkylation sites (tertiary alicyclic amines) is 1. The number of carbonyl (C=O) groups excluding carboxylic acids is 2. The Kier molecular flexibility index (Phi) is 6.98. The summed E-state index contributed by atoms with van der Waals surface area (Å²) in [6, 6.07) is 8.09. The number of aromatic nitrogens is 1. The van der Waals surface area contributed by atoms with Crippen LogP contribution in [0.4, 0.5) is 0 Å². The lowest BCUT2D eigenvalue weighted by Gasteiger charge is -2.30. The van der Waals surface area contributed by atoms with Crippen LogP contribution < -0.4 is 5.14 Å². The first-order valence-corrected chi connectivity index (χ1v) is 11.9. The molecule has 1 aliphatic heterocycles. The highest BCUT2D eigenvalue weighted by atomic mass is 32.2. The van der Waals surface area contributed by atoms with Gasteiger partial charge in [-0.15, -0.1) is 0 Å². The highest BCUT2D eigenvalue weighted by Crippen LogP contribution is 2.24. The Bertz CT molecular complexity index is 1070. The Morgan fingerprint density at radius 1 is 1.19 bits per heavy atom. The van der Waals surface area contributed by atoms with Gasteiger partial charge in [0.2, 0.25) is 10.0 Å². The fourth-order valence-corrected chi connectivity index (χ4v) is 4.68. The zero-order chi connectivity index (χ0) is 22.8. The summed E-state index contributed by atoms with van der Waals surface area (Å²) in [6.07, 6.45) is 1.64. The minimum atomic E-state index is -3.76. The van der Waals surface area contributed by atoms with E-state index in [-0.39, 0.29) is 29.1 Å². The average Bonchev–Trinajstić information content (AvgIpc) is 3.02. The van der Waals surface area contributed by atoms with Gasteiger partial charge in [0, 0.05) is 29.2 Å². The van der Waals surface area contributed by atoms with Gasteiger partial charge in [-0.05, 0) is 70.5 Å². The molecule has 3 rings (SSSR count). The SMILES string of the molecule is CCOC(=O)C1CCCN(CC(=O)c2cc(C)n(-c3ccc(S(N)(=O)=O)cc3)c2C)C1. The molecule has 0 amide bonds. The lowest BCUT2D eigenvalue weighted by Crippen LogP contribution is -2.41. The Hall–Kier alpha value is -2.49. The van der Waals surface area contributed by atoms with Crippen molar-refractivity contribution in [2.24, 2.45) is 11.1 Å². The number of rotatable bonds is 7. The van der Waals surface area contributed by atoms with E-state index in [9.17, 15) is 18.0 Å². The zero-order valence-corrected chi connectivity index (χ0v) is 18.9. The lowest BCUT2D eigenvalue weighted by atomic mass is 9.97. The predicted molar refractivity (Wildman–Crippen MR) is 117 cm³/mol. The normalized spacial score (nSPS) is 17.5. The van der Waals surface area contributed by atoms with Crippen LogP contribution in [0.5, 0.6) is 0 Å². The third kappa shape index (κ3) is 5.23. The van der Waals surface area contributed by atoms with Crippen LogP contribution in [-0.2, 0) is 19.6 Å². The standard InChI is InChI=1S/C22H29N3O5S/c1-4-30-22(27)17-6-5-11-24(13-17)14-21(26)20-12-15(2)25(16(20)3)18-7-9-19(10-8-18)31(23,28)29/h7-10,12,17H,4-6,11,13-14H2,1-3H3,(H2,23,28,29). The van der Waals surface area contributed by atoms with E-state index in [1.165, 1.54) is 12.1 Å². The molecule has 0 saturated carbocycles. The van der Waals surface area contributed by atoms with Crippen molar-refractivity contribution < 1.29 is 22.7 Å². The van der Waals surface area contributed by atoms with Crippen LogP contribution in [0.3, 0.4) is 0 Å². The maximum Gasteiger partial charge on any atom is 0.310 e. The van der Waals surface area contributed by atoms with Crippen molar-refractivity contribution in [1.82, 2.24) is 9.47 Å². The van der Waals surface area contributed by atoms with Crippen molar-refractivity contribution in [3.63, 3.8) is 0 Å². The quantitative estimate of drug-likeness (QED) is 0.514. The van der Waals surface area contributed by atoms with E-state index in [0.29, 0.717) is 18.7 Å². The number of carbonyl (C=O) groups is 2. The molecule has 1 aromatic carbocycles. The molecule has 2 aromatic rings. The summed E-state index contributed by atoms with van der Waals surface area (Å²) < 4.78 is 30.0. The fourth-order valence-electron chi connectivity index (χ4n) is 4.17. The third-order valence-electron chi connectivity index (χ3n) is 5.65. The van der Waals surface area contributed by atoms with E-state index < -0.39 is 10.0 Å². The molecule has 0 aliphatic carbocycles. The van der Waals surface area contributed by atoms with Gasteiger partial charge in [-0.25, -0.2) is 13.6 Å². The summed E-state index contributed by atoms with van der Waals surface area (Å²) in [5.74, 6) is -0.392. The second-order valence-corrected chi connectivity index (χ2v) is 9.47. The maximum absolute atomic E-state index is 13.1. The van der Waals surface area contributed by atoms with Crippen molar-refractivity contribution in [3.05, 3.63) is 47.3 Å². The van der Waals surface area contributed by atoms with Crippen molar-refractivity contribution in [3.8, 4) is 5.69 Å². The van der Waals surface area contributed by atoms with Gasteiger partial charge in [0.1, 0.15) is 0 Å². The van der Waals surface area contributed by atoms with Crippen molar-refractivity contribution >= 4 is 21.8 Å². The van der Waals surface area contributed by atoms with Gasteiger partial charge in [-0.1, -0.05) is 0 Å². The largest absolute Gasteiger partial charge is 0.466 e. The molecule has 0 radical (unpaired) electrons. The molecule has 0 bridgehead atoms. The van der Waals surface area contributed by atoms with Crippen LogP contribution in [0.2, 0.25) is 0 Å². The van der Waals surface area contributed by atoms with Crippen molar-refractivity contribution in [2.45, 2.75) is 38.5 Å². The molecule has 8 nitrogen and oxygen atoms in total. The number of primary sulfonamides is 1. The highest BCUT2D eigenvalue weighted by Gasteiger charge is 2.28. The van der Waals surface area contributed by atoms with Gasteiger partial charge >= 0.3 is 5.97 Å². The summed E-state index contributed by atoms with van der Waals surface area (Å²) in [4.78, 5) is 27.2. The molecule has 1 saturated heterocycles. The number of hydrogen-bond donors (Lipinski definition) is 1. The van der Waals surface area contributed by atoms with E-state index >= 15 is 0 Å². The van der Waals surface area contributed by atoms with E-state index in [1.807, 2.05) is 29.4 Å². The second kappa shape index (κ2) is 9.33. The molecular formula is C22H29N3O5S. The molecule has 1 atom stereocenters. The highest BCUT2D eigenvalue weighted by molar-refractivity contribution is 7.89. The van der Waals surface area contributed by atoms with Crippen LogP contribution >= 0.6 is 0 Å². The third-order valence-corrected chi connectivity index (χ3v) is 6.58. The number of esters is 1. The summed E-state index contributed by atoms with van der Waals surface area (Å²) in [5.41, 5.74) is 3.02. The van der Waals surface area contributed by atoms with E-state index in [0.717, 1.165) is 36.5 Å². The van der Waals surface area contributed by atoms with Gasteiger partial charge in [0.25, 0.3) is 0 Å². The topological polar surface area (TPSA) is 112 Å². The number of sulfonamides is 1. The van der Waals surface area contributed by atoms with Crippen LogP contribution in [0.15, 0.2) is 35.2 Å². The van der Waals surface area contributed by atoms with E-state index in [1.54, 1.807) is 19.1 Å². The first kappa shape index (κ1) is 23.2. The number of ketones is 1. The van der Waals surface area contributed by atoms with Gasteiger partial charge in [0.05, 0.1) is 24.0 Å². The number of hydrogen-bond acceptors (Lipinski definition) is 6. The van der Waals surface area contributed by atoms with Crippen molar-refractivity contribution in [2.75, 3.05) is 26.2 Å². The van der Waals surface area contributed by atoms with Crippen LogP contribution in [0.25, 0.3) is 5.69 Å². The average molecular weight is 448 g/mol. The number of nitrogens with zero attached hydrogens (tertiary/aromatic N) is 2. The van der Waals surface area contributed by atoms with Crippen molar-refractivity contribution in [1.29, 1.82) is 0 Å². The minimum Gasteiger partial charge on any atom is -0.466 e. The molecule has 2 N–H and O–H groups in total. The van der Waals surface area contributed by atoms with Gasteiger partial charge in [-0.2, -0.15) is 0 Å². The van der Waals surface area contributed by atoms with Gasteiger partial charge in [0.15, 0.2) is 5.78 Å². The molecule has 1 aliphatic rings. The minimum absolute atomic E-state index is 0.00925. The van der Waals surface area contributed by atoms with Crippen LogP contribution in [-0.4, -0.2) is 55.9 Å². The fraction of sp³-hybridized carbons (Fsp3) is 0.455. The Balaban J connectivity index is 1.77. The molecule has 1 aromatic heterocycles. The Morgan fingerprint density at radius 3 is 2.48 bits per heavy atom. The predicted octanol–water partition coefficient (Wildman–Crippen LogP) is 2.20. The number of nitrogens with two attached hydrogens (primary N) is 1. The number of ether oxygens (including phenoxy) is 1. The number of Topliss-reactive ketones (excluding diaryl/α,β-unsaturated/α-hetero) is 1. The van der Waals surface area contributed by atoms with Crippen LogP contribution in [0.1, 0.15) is 41.5 Å². The monoisotopic (exact) mass is 447 g/mol. The summed E-state index contributed by atoms with van der Waals surface area (Å²) >= 11 is 0. The first-order chi connectivity index (χ1) is 14.6. The Labute approximate surface area is 183 Å². The maximum atomic E-state index is 13.1. The van der Waals surface area contributed by atoms with Gasteiger partial charge in [-0.3, -0.25) is 14.5 Å².